The van der Waals surface area contributed by atoms with Gasteiger partial charge >= 0.3 is 0 Å². The van der Waals surface area contributed by atoms with Gasteiger partial charge in [0.05, 0.1) is 24.4 Å². The highest BCUT2D eigenvalue weighted by atomic mass is 16.5. The zero-order valence-corrected chi connectivity index (χ0v) is 17.7. The number of rotatable bonds is 6. The van der Waals surface area contributed by atoms with Gasteiger partial charge in [0.25, 0.3) is 5.91 Å². The molecule has 32 heavy (non-hydrogen) atoms. The molecule has 5 heteroatoms. The predicted molar refractivity (Wildman–Crippen MR) is 128 cm³/mol. The Morgan fingerprint density at radius 1 is 0.844 bits per heavy atom. The molecule has 0 aromatic heterocycles. The van der Waals surface area contributed by atoms with Crippen molar-refractivity contribution in [2.75, 3.05) is 17.7 Å². The Hall–Kier alpha value is -4.12. The quantitative estimate of drug-likeness (QED) is 0.545. The van der Waals surface area contributed by atoms with Gasteiger partial charge < -0.3 is 15.4 Å². The van der Waals surface area contributed by atoms with Crippen molar-refractivity contribution in [1.82, 2.24) is 0 Å². The number of para-hydroxylation sites is 2. The first-order valence-electron chi connectivity index (χ1n) is 10.4. The van der Waals surface area contributed by atoms with Gasteiger partial charge in [0, 0.05) is 5.56 Å². The smallest absolute Gasteiger partial charge is 0.255 e. The van der Waals surface area contributed by atoms with Crippen molar-refractivity contribution in [2.24, 2.45) is 5.92 Å². The van der Waals surface area contributed by atoms with E-state index in [-0.39, 0.29) is 17.7 Å². The van der Waals surface area contributed by atoms with Crippen molar-refractivity contribution >= 4 is 28.8 Å². The van der Waals surface area contributed by atoms with Crippen molar-refractivity contribution in [2.45, 2.75) is 6.42 Å². The van der Waals surface area contributed by atoms with Gasteiger partial charge in [0.1, 0.15) is 5.75 Å². The first kappa shape index (κ1) is 21.1. The second kappa shape index (κ2) is 9.79. The lowest BCUT2D eigenvalue weighted by molar-refractivity contribution is -0.118. The van der Waals surface area contributed by atoms with Gasteiger partial charge in [-0.25, -0.2) is 0 Å². The Morgan fingerprint density at radius 3 is 2.12 bits per heavy atom. The van der Waals surface area contributed by atoms with Crippen LogP contribution in [-0.2, 0) is 4.79 Å². The van der Waals surface area contributed by atoms with Crippen LogP contribution in [0.2, 0.25) is 0 Å². The lowest BCUT2D eigenvalue weighted by Gasteiger charge is -2.18. The minimum Gasteiger partial charge on any atom is -0.497 e. The normalized spacial score (nSPS) is 14.9. The molecule has 0 fully saturated rings. The number of hydrogen-bond donors (Lipinski definition) is 2. The molecule has 3 aromatic carbocycles. The number of ether oxygens (including phenoxy) is 1. The molecule has 0 heterocycles. The Kier molecular flexibility index (Phi) is 6.46. The van der Waals surface area contributed by atoms with Crippen LogP contribution in [-0.4, -0.2) is 18.9 Å². The topological polar surface area (TPSA) is 67.4 Å². The number of carbonyl (C=O) groups is 2. The van der Waals surface area contributed by atoms with Crippen molar-refractivity contribution in [1.29, 1.82) is 0 Å². The molecule has 1 atom stereocenters. The summed E-state index contributed by atoms with van der Waals surface area (Å²) in [7, 11) is 1.58. The number of carbonyl (C=O) groups excluding carboxylic acids is 2. The molecule has 3 aromatic rings. The molecule has 0 bridgehead atoms. The summed E-state index contributed by atoms with van der Waals surface area (Å²) in [6, 6.07) is 24.1. The molecule has 1 aliphatic carbocycles. The lowest BCUT2D eigenvalue weighted by atomic mass is 9.92. The standard InChI is InChI=1S/C27H24N2O3/c1-32-23-17-15-22(16-18-23)27(31)29-25-10-6-5-9-24(25)28-26(30)21-13-11-20(12-14-21)19-7-3-2-4-8-19/h2-13,15-18,21H,14H2,1H3,(H,28,30)(H,29,31). The van der Waals surface area contributed by atoms with Crippen LogP contribution in [0.3, 0.4) is 0 Å². The minimum atomic E-state index is -0.271. The van der Waals surface area contributed by atoms with Gasteiger partial charge in [-0.3, -0.25) is 9.59 Å². The SMILES string of the molecule is COc1ccc(C(=O)Nc2ccccc2NC(=O)C2C=CC(c3ccccc3)=CC2)cc1. The summed E-state index contributed by atoms with van der Waals surface area (Å²) in [6.07, 6.45) is 6.61. The Balaban J connectivity index is 1.42. The number of hydrogen-bond acceptors (Lipinski definition) is 3. The van der Waals surface area contributed by atoms with Crippen LogP contribution >= 0.6 is 0 Å². The summed E-state index contributed by atoms with van der Waals surface area (Å²) in [5.74, 6) is 0.0325. The van der Waals surface area contributed by atoms with Crippen molar-refractivity contribution in [3.05, 3.63) is 108 Å². The van der Waals surface area contributed by atoms with Gasteiger partial charge in [-0.05, 0) is 54.0 Å². The van der Waals surface area contributed by atoms with Crippen LogP contribution in [0, 0.1) is 5.92 Å². The van der Waals surface area contributed by atoms with Gasteiger partial charge in [0.2, 0.25) is 5.91 Å². The van der Waals surface area contributed by atoms with Crippen LogP contribution in [0.15, 0.2) is 97.1 Å². The number of amides is 2. The minimum absolute atomic E-state index is 0.115. The van der Waals surface area contributed by atoms with Crippen LogP contribution in [0.1, 0.15) is 22.3 Å². The van der Waals surface area contributed by atoms with Gasteiger partial charge in [-0.1, -0.05) is 60.7 Å². The number of benzene rings is 3. The average molecular weight is 425 g/mol. The third-order valence-electron chi connectivity index (χ3n) is 5.33. The number of nitrogens with one attached hydrogen (secondary N) is 2. The van der Waals surface area contributed by atoms with Gasteiger partial charge in [-0.2, -0.15) is 0 Å². The molecule has 0 saturated carbocycles. The van der Waals surface area contributed by atoms with Gasteiger partial charge in [-0.15, -0.1) is 0 Å². The van der Waals surface area contributed by atoms with Crippen molar-refractivity contribution in [3.63, 3.8) is 0 Å². The first-order chi connectivity index (χ1) is 15.6. The third kappa shape index (κ3) is 4.95. The van der Waals surface area contributed by atoms with Crippen molar-refractivity contribution in [3.8, 4) is 5.75 Å². The Labute approximate surface area is 187 Å². The molecule has 4 rings (SSSR count). The summed E-state index contributed by atoms with van der Waals surface area (Å²) >= 11 is 0. The molecule has 0 radical (unpaired) electrons. The summed E-state index contributed by atoms with van der Waals surface area (Å²) in [6.45, 7) is 0. The molecule has 5 nitrogen and oxygen atoms in total. The monoisotopic (exact) mass is 424 g/mol. The number of allylic oxidation sites excluding steroid dienone is 3. The van der Waals surface area contributed by atoms with Crippen LogP contribution < -0.4 is 15.4 Å². The van der Waals surface area contributed by atoms with Crippen LogP contribution in [0.4, 0.5) is 11.4 Å². The first-order valence-corrected chi connectivity index (χ1v) is 10.4. The van der Waals surface area contributed by atoms with E-state index in [1.54, 1.807) is 43.5 Å². The predicted octanol–water partition coefficient (Wildman–Crippen LogP) is 5.55. The summed E-state index contributed by atoms with van der Waals surface area (Å²) in [5.41, 5.74) is 3.85. The molecule has 0 spiro atoms. The molecule has 160 valence electrons. The van der Waals surface area contributed by atoms with Crippen LogP contribution in [0.25, 0.3) is 5.57 Å². The van der Waals surface area contributed by atoms with Crippen LogP contribution in [0.5, 0.6) is 5.75 Å². The second-order valence-corrected chi connectivity index (χ2v) is 7.44. The fourth-order valence-corrected chi connectivity index (χ4v) is 3.52. The van der Waals surface area contributed by atoms with E-state index in [9.17, 15) is 9.59 Å². The fraction of sp³-hybridized carbons (Fsp3) is 0.111. The Morgan fingerprint density at radius 2 is 1.50 bits per heavy atom. The highest BCUT2D eigenvalue weighted by Gasteiger charge is 2.19. The van der Waals surface area contributed by atoms with E-state index in [2.05, 4.69) is 28.8 Å². The lowest BCUT2D eigenvalue weighted by Crippen LogP contribution is -2.23. The largest absolute Gasteiger partial charge is 0.497 e. The molecule has 0 saturated heterocycles. The zero-order chi connectivity index (χ0) is 22.3. The van der Waals surface area contributed by atoms with E-state index >= 15 is 0 Å². The van der Waals surface area contributed by atoms with E-state index in [0.717, 1.165) is 11.1 Å². The maximum Gasteiger partial charge on any atom is 0.255 e. The maximum absolute atomic E-state index is 12.9. The molecule has 0 aliphatic heterocycles. The van der Waals surface area contributed by atoms with Gasteiger partial charge in [0.15, 0.2) is 0 Å². The van der Waals surface area contributed by atoms with Crippen molar-refractivity contribution < 1.29 is 14.3 Å². The van der Waals surface area contributed by atoms with E-state index in [1.165, 1.54) is 0 Å². The number of methoxy groups -OCH3 is 1. The van der Waals surface area contributed by atoms with E-state index in [1.807, 2.05) is 42.5 Å². The van der Waals surface area contributed by atoms with E-state index in [0.29, 0.717) is 29.1 Å². The maximum atomic E-state index is 12.9. The number of anilines is 2. The van der Waals surface area contributed by atoms with E-state index in [4.69, 9.17) is 4.74 Å². The molecule has 2 N–H and O–H groups in total. The molecule has 2 amide bonds. The summed E-state index contributed by atoms with van der Waals surface area (Å²) < 4.78 is 5.13. The molecular weight excluding hydrogens is 400 g/mol. The average Bonchev–Trinajstić information content (AvgIpc) is 2.86. The summed E-state index contributed by atoms with van der Waals surface area (Å²) in [4.78, 5) is 25.5. The van der Waals surface area contributed by atoms with E-state index < -0.39 is 0 Å². The third-order valence-corrected chi connectivity index (χ3v) is 5.33. The zero-order valence-electron chi connectivity index (χ0n) is 17.7. The molecule has 1 aliphatic rings. The Bertz CT molecular complexity index is 1170. The summed E-state index contributed by atoms with van der Waals surface area (Å²) in [5, 5.41) is 5.83. The fourth-order valence-electron chi connectivity index (χ4n) is 3.52. The highest BCUT2D eigenvalue weighted by Crippen LogP contribution is 2.27. The molecular formula is C27H24N2O3. The second-order valence-electron chi connectivity index (χ2n) is 7.44. The highest BCUT2D eigenvalue weighted by molar-refractivity contribution is 6.07. The molecule has 1 unspecified atom stereocenters.